The van der Waals surface area contributed by atoms with Gasteiger partial charge < -0.3 is 40.0 Å². The number of hydrogen-bond acceptors (Lipinski definition) is 8. The van der Waals surface area contributed by atoms with Gasteiger partial charge in [-0.1, -0.05) is 12.1 Å². The molecule has 42 heavy (non-hydrogen) atoms. The highest BCUT2D eigenvalue weighted by molar-refractivity contribution is 5.85. The van der Waals surface area contributed by atoms with Crippen LogP contribution in [0.1, 0.15) is 52.7 Å². The summed E-state index contributed by atoms with van der Waals surface area (Å²) in [6.07, 6.45) is 5.72. The Balaban J connectivity index is 1.40. The first-order valence-electron chi connectivity index (χ1n) is 14.7. The van der Waals surface area contributed by atoms with E-state index in [4.69, 9.17) is 14.2 Å². The molecular formula is C33H37N2O7+. The number of aliphatic hydroxyl groups is 2. The number of quaternary nitrogens is 1. The molecule has 1 aliphatic carbocycles. The molecule has 0 radical (unpaired) electrons. The summed E-state index contributed by atoms with van der Waals surface area (Å²) in [5.41, 5.74) is 6.91. The number of nitrogens with one attached hydrogen (secondary N) is 2. The first-order valence-corrected chi connectivity index (χ1v) is 14.7. The summed E-state index contributed by atoms with van der Waals surface area (Å²) in [4.78, 5) is 1.35. The van der Waals surface area contributed by atoms with E-state index in [1.54, 1.807) is 24.3 Å². The molecule has 5 unspecified atom stereocenters. The summed E-state index contributed by atoms with van der Waals surface area (Å²) < 4.78 is 18.6. The molecular weight excluding hydrogens is 536 g/mol. The summed E-state index contributed by atoms with van der Waals surface area (Å²) in [6, 6.07) is 10.6. The van der Waals surface area contributed by atoms with Crippen LogP contribution in [0.25, 0.3) is 11.1 Å². The van der Waals surface area contributed by atoms with E-state index in [2.05, 4.69) is 11.5 Å². The molecule has 0 amide bonds. The standard InChI is InChI=1S/C33H36N2O7/c1-40-28-14-19(2-7-26(28)38)31-27(39)15-25-29-18(8-10-35-11-9-34-17-35)12-20-13-21(37)3-5-23(20)30(29)33-24(32(25)42-31)6-4-22(16-36)41-33/h2-3,5,7,9,11,13-14,18,22,27,31,34,36-39H,4,6,8,10,12,15-17H2,1H3/p+1. The Morgan fingerprint density at radius 2 is 1.93 bits per heavy atom. The first-order chi connectivity index (χ1) is 20.4. The quantitative estimate of drug-likeness (QED) is 0.266. The number of aromatic hydroxyl groups is 2. The van der Waals surface area contributed by atoms with Gasteiger partial charge in [0, 0.05) is 29.5 Å². The summed E-state index contributed by atoms with van der Waals surface area (Å²) >= 11 is 0. The largest absolute Gasteiger partial charge is 0.508 e. The molecule has 3 aromatic carbocycles. The van der Waals surface area contributed by atoms with Crippen molar-refractivity contribution in [1.29, 1.82) is 0 Å². The van der Waals surface area contributed by atoms with Gasteiger partial charge in [0.25, 0.3) is 0 Å². The molecule has 3 aliphatic heterocycles. The Bertz CT molecular complexity index is 1550. The molecule has 220 valence electrons. The summed E-state index contributed by atoms with van der Waals surface area (Å²) in [5.74, 6) is 2.20. The molecule has 0 aromatic heterocycles. The monoisotopic (exact) mass is 573 g/mol. The van der Waals surface area contributed by atoms with E-state index in [9.17, 15) is 20.4 Å². The topological polar surface area (TPSA) is 125 Å². The minimum Gasteiger partial charge on any atom is -0.508 e. The molecule has 3 aromatic rings. The fourth-order valence-corrected chi connectivity index (χ4v) is 7.16. The summed E-state index contributed by atoms with van der Waals surface area (Å²) in [6.45, 7) is 1.69. The number of ether oxygens (including phenoxy) is 3. The van der Waals surface area contributed by atoms with Crippen LogP contribution in [0.3, 0.4) is 0 Å². The van der Waals surface area contributed by atoms with Crippen LogP contribution < -0.4 is 24.4 Å². The van der Waals surface area contributed by atoms with Crippen molar-refractivity contribution < 1.29 is 39.5 Å². The number of phenolic OH excluding ortho intramolecular Hbond substituents is 2. The summed E-state index contributed by atoms with van der Waals surface area (Å²) in [7, 11) is 1.50. The Morgan fingerprint density at radius 1 is 1.05 bits per heavy atom. The highest BCUT2D eigenvalue weighted by Gasteiger charge is 2.42. The number of methoxy groups -OCH3 is 1. The van der Waals surface area contributed by atoms with Gasteiger partial charge in [0.1, 0.15) is 35.7 Å². The van der Waals surface area contributed by atoms with Crippen molar-refractivity contribution in [2.45, 2.75) is 56.3 Å². The zero-order valence-corrected chi connectivity index (χ0v) is 23.6. The van der Waals surface area contributed by atoms with Crippen molar-refractivity contribution in [3.05, 3.63) is 76.6 Å². The zero-order chi connectivity index (χ0) is 29.0. The van der Waals surface area contributed by atoms with Crippen molar-refractivity contribution in [3.63, 3.8) is 0 Å². The zero-order valence-electron chi connectivity index (χ0n) is 23.6. The SMILES string of the molecule is COc1cc(C2Oc3c4c(c5c(c3CC2O)C(CC[NH+]2C=CNC2)Cc2cc(O)ccc2-5)OC(CO)CC4)ccc1O. The van der Waals surface area contributed by atoms with E-state index >= 15 is 0 Å². The molecule has 0 bridgehead atoms. The second-order valence-corrected chi connectivity index (χ2v) is 11.8. The van der Waals surface area contributed by atoms with Crippen LogP contribution in [0, 0.1) is 0 Å². The van der Waals surface area contributed by atoms with Crippen molar-refractivity contribution in [3.8, 4) is 39.9 Å². The van der Waals surface area contributed by atoms with Crippen LogP contribution in [0.5, 0.6) is 28.7 Å². The lowest BCUT2D eigenvalue weighted by Gasteiger charge is -2.41. The highest BCUT2D eigenvalue weighted by Crippen LogP contribution is 2.56. The van der Waals surface area contributed by atoms with Crippen LogP contribution in [-0.4, -0.2) is 59.6 Å². The Kier molecular flexibility index (Phi) is 6.88. The van der Waals surface area contributed by atoms with Crippen LogP contribution in [0.4, 0.5) is 0 Å². The molecule has 0 spiro atoms. The molecule has 9 nitrogen and oxygen atoms in total. The molecule has 7 rings (SSSR count). The van der Waals surface area contributed by atoms with Crippen LogP contribution in [0.15, 0.2) is 48.8 Å². The van der Waals surface area contributed by atoms with E-state index in [0.717, 1.165) is 70.9 Å². The average molecular weight is 574 g/mol. The lowest BCUT2D eigenvalue weighted by molar-refractivity contribution is -0.843. The van der Waals surface area contributed by atoms with E-state index in [1.807, 2.05) is 18.3 Å². The summed E-state index contributed by atoms with van der Waals surface area (Å²) in [5, 5.41) is 45.5. The van der Waals surface area contributed by atoms with Crippen molar-refractivity contribution in [1.82, 2.24) is 5.32 Å². The second-order valence-electron chi connectivity index (χ2n) is 11.8. The van der Waals surface area contributed by atoms with Crippen molar-refractivity contribution in [2.75, 3.05) is 26.9 Å². The van der Waals surface area contributed by atoms with E-state index in [0.29, 0.717) is 30.6 Å². The number of hydrogen-bond donors (Lipinski definition) is 6. The van der Waals surface area contributed by atoms with Gasteiger partial charge >= 0.3 is 0 Å². The molecule has 0 saturated heterocycles. The Morgan fingerprint density at radius 3 is 2.71 bits per heavy atom. The van der Waals surface area contributed by atoms with Gasteiger partial charge in [-0.15, -0.1) is 0 Å². The number of rotatable bonds is 6. The maximum atomic E-state index is 11.6. The molecule has 3 heterocycles. The molecule has 6 N–H and O–H groups in total. The maximum Gasteiger partial charge on any atom is 0.160 e. The fourth-order valence-electron chi connectivity index (χ4n) is 7.16. The third kappa shape index (κ3) is 4.52. The highest BCUT2D eigenvalue weighted by atomic mass is 16.5. The van der Waals surface area contributed by atoms with Crippen molar-refractivity contribution in [2.24, 2.45) is 0 Å². The third-order valence-corrected chi connectivity index (χ3v) is 9.20. The van der Waals surface area contributed by atoms with Gasteiger partial charge in [0.15, 0.2) is 18.2 Å². The normalized spacial score (nSPS) is 25.3. The van der Waals surface area contributed by atoms with Gasteiger partial charge in [-0.2, -0.15) is 0 Å². The number of benzene rings is 3. The molecule has 0 saturated carbocycles. The number of aliphatic hydroxyl groups excluding tert-OH is 2. The first kappa shape index (κ1) is 26.9. The van der Waals surface area contributed by atoms with Gasteiger partial charge in [-0.05, 0) is 71.7 Å². The van der Waals surface area contributed by atoms with Gasteiger partial charge in [0.05, 0.1) is 32.6 Å². The smallest absolute Gasteiger partial charge is 0.160 e. The van der Waals surface area contributed by atoms with Crippen LogP contribution in [0.2, 0.25) is 0 Å². The minimum atomic E-state index is -0.818. The fraction of sp³-hybridized carbons (Fsp3) is 0.394. The van der Waals surface area contributed by atoms with Crippen molar-refractivity contribution >= 4 is 0 Å². The minimum absolute atomic E-state index is 0.0274. The third-order valence-electron chi connectivity index (χ3n) is 9.20. The predicted octanol–water partition coefficient (Wildman–Crippen LogP) is 2.44. The second kappa shape index (κ2) is 10.7. The number of phenols is 2. The molecule has 9 heteroatoms. The van der Waals surface area contributed by atoms with Crippen LogP contribution in [-0.2, 0) is 19.3 Å². The van der Waals surface area contributed by atoms with E-state index < -0.39 is 12.2 Å². The van der Waals surface area contributed by atoms with E-state index in [-0.39, 0.29) is 30.1 Å². The van der Waals surface area contributed by atoms with Gasteiger partial charge in [-0.3, -0.25) is 4.90 Å². The van der Waals surface area contributed by atoms with Gasteiger partial charge in [-0.25, -0.2) is 0 Å². The lowest BCUT2D eigenvalue weighted by atomic mass is 9.71. The predicted molar refractivity (Wildman–Crippen MR) is 155 cm³/mol. The Hall–Kier alpha value is -3.92. The molecule has 4 aliphatic rings. The molecule has 5 atom stereocenters. The Labute approximate surface area is 244 Å². The van der Waals surface area contributed by atoms with Crippen LogP contribution >= 0.6 is 0 Å². The van der Waals surface area contributed by atoms with E-state index in [1.165, 1.54) is 12.0 Å². The van der Waals surface area contributed by atoms with Gasteiger partial charge in [0.2, 0.25) is 0 Å². The lowest BCUT2D eigenvalue weighted by Crippen LogP contribution is -3.07. The molecule has 0 fully saturated rings. The average Bonchev–Trinajstić information content (AvgIpc) is 3.53. The number of fused-ring (bicyclic) bond motifs is 8. The maximum absolute atomic E-state index is 11.6.